The summed E-state index contributed by atoms with van der Waals surface area (Å²) in [6.45, 7) is 0. The molecule has 0 radical (unpaired) electrons. The minimum absolute atomic E-state index is 0.190. The second-order valence-corrected chi connectivity index (χ2v) is 1.49. The summed E-state index contributed by atoms with van der Waals surface area (Å²) < 4.78 is 0. The van der Waals surface area contributed by atoms with E-state index in [1.54, 1.807) is 0 Å². The van der Waals surface area contributed by atoms with Gasteiger partial charge in [0.2, 0.25) is 0 Å². The highest BCUT2D eigenvalue weighted by Gasteiger charge is 2.06. The van der Waals surface area contributed by atoms with E-state index in [1.807, 2.05) is 0 Å². The Hall–Kier alpha value is -0.260. The van der Waals surface area contributed by atoms with Gasteiger partial charge in [0.25, 0.3) is 0 Å². The molecule has 9 heavy (non-hydrogen) atoms. The highest BCUT2D eigenvalue weighted by atomic mass is 32.1. The van der Waals surface area contributed by atoms with Crippen LogP contribution < -0.4 is 5.73 Å². The van der Waals surface area contributed by atoms with Crippen LogP contribution in [0.2, 0.25) is 0 Å². The van der Waals surface area contributed by atoms with Crippen LogP contribution in [0.25, 0.3) is 0 Å². The number of carboxylic acid groups (broad SMARTS) is 1. The molecule has 0 amide bonds. The van der Waals surface area contributed by atoms with Crippen LogP contribution in [0.4, 0.5) is 0 Å². The zero-order valence-corrected chi connectivity index (χ0v) is 6.01. The molecule has 0 aliphatic rings. The molecule has 4 nitrogen and oxygen atoms in total. The maximum absolute atomic E-state index is 9.76. The van der Waals surface area contributed by atoms with Crippen LogP contribution in [0, 0.1) is 0 Å². The van der Waals surface area contributed by atoms with Crippen molar-refractivity contribution in [2.24, 2.45) is 5.73 Å². The van der Waals surface area contributed by atoms with Crippen molar-refractivity contribution in [3.05, 3.63) is 0 Å². The fraction of sp³-hybridized carbons (Fsp3) is 0.750. The summed E-state index contributed by atoms with van der Waals surface area (Å²) in [5.74, 6) is -0.815. The van der Waals surface area contributed by atoms with Crippen molar-refractivity contribution in [1.29, 1.82) is 0 Å². The summed E-state index contributed by atoms with van der Waals surface area (Å²) in [6, 6.07) is -0.816. The minimum atomic E-state index is -1.00. The van der Waals surface area contributed by atoms with E-state index in [4.69, 9.17) is 15.9 Å². The average Bonchev–Trinajstić information content (AvgIpc) is 1.91. The molecule has 0 saturated heterocycles. The van der Waals surface area contributed by atoms with E-state index in [0.29, 0.717) is 0 Å². The number of thiol groups is 1. The van der Waals surface area contributed by atoms with Crippen molar-refractivity contribution < 1.29 is 15.0 Å². The molecule has 0 aromatic rings. The molecule has 0 heterocycles. The third-order valence-corrected chi connectivity index (χ3v) is 0.907. The molecule has 0 fully saturated rings. The molecule has 0 rings (SSSR count). The molecule has 0 bridgehead atoms. The first kappa shape index (κ1) is 11.5. The van der Waals surface area contributed by atoms with Crippen molar-refractivity contribution in [3.8, 4) is 0 Å². The summed E-state index contributed by atoms with van der Waals surface area (Å²) in [6.07, 6.45) is 0. The number of aliphatic carboxylic acids is 1. The Morgan fingerprint density at radius 1 is 1.78 bits per heavy atom. The predicted molar refractivity (Wildman–Crippen MR) is 37.6 cm³/mol. The Kier molecular flexibility index (Phi) is 9.91. The summed E-state index contributed by atoms with van der Waals surface area (Å²) in [4.78, 5) is 9.76. The lowest BCUT2D eigenvalue weighted by atomic mass is 10.4. The maximum atomic E-state index is 9.76. The molecule has 0 aromatic carbocycles. The quantitative estimate of drug-likeness (QED) is 0.381. The zero-order valence-electron chi connectivity index (χ0n) is 5.11. The zero-order chi connectivity index (χ0) is 7.86. The monoisotopic (exact) mass is 153 g/mol. The summed E-state index contributed by atoms with van der Waals surface area (Å²) in [5, 5.41) is 15.0. The van der Waals surface area contributed by atoms with Crippen LogP contribution in [0.3, 0.4) is 0 Å². The van der Waals surface area contributed by atoms with Crippen LogP contribution in [0.5, 0.6) is 0 Å². The summed E-state index contributed by atoms with van der Waals surface area (Å²) in [7, 11) is 1.00. The Bertz CT molecular complexity index is 78.2. The first-order valence-corrected chi connectivity index (χ1v) is 2.85. The minimum Gasteiger partial charge on any atom is -0.480 e. The van der Waals surface area contributed by atoms with Gasteiger partial charge in [-0.15, -0.1) is 0 Å². The van der Waals surface area contributed by atoms with Crippen LogP contribution in [-0.4, -0.2) is 35.1 Å². The van der Waals surface area contributed by atoms with E-state index in [-0.39, 0.29) is 5.75 Å². The molecule has 0 saturated carbocycles. The molecule has 0 spiro atoms. The SMILES string of the molecule is CO.N[C@@H](CS)C(=O)O. The van der Waals surface area contributed by atoms with Gasteiger partial charge < -0.3 is 15.9 Å². The Morgan fingerprint density at radius 2 is 2.11 bits per heavy atom. The average molecular weight is 153 g/mol. The first-order valence-electron chi connectivity index (χ1n) is 2.22. The van der Waals surface area contributed by atoms with Gasteiger partial charge in [-0.2, -0.15) is 12.6 Å². The smallest absolute Gasteiger partial charge is 0.321 e. The number of aliphatic hydroxyl groups is 1. The van der Waals surface area contributed by atoms with Crippen LogP contribution in [-0.2, 0) is 4.79 Å². The normalized spacial score (nSPS) is 11.1. The lowest BCUT2D eigenvalue weighted by molar-refractivity contribution is -0.137. The Morgan fingerprint density at radius 3 is 2.11 bits per heavy atom. The number of hydrogen-bond acceptors (Lipinski definition) is 4. The van der Waals surface area contributed by atoms with E-state index in [9.17, 15) is 4.79 Å². The van der Waals surface area contributed by atoms with Gasteiger partial charge in [-0.05, 0) is 0 Å². The standard InChI is InChI=1S/C3H7NO2S.CH4O/c4-2(1-7)3(5)6;1-2/h2,7H,1,4H2,(H,5,6);2H,1H3/t2-;/m0./s1. The molecule has 0 aliphatic carbocycles. The van der Waals surface area contributed by atoms with Crippen molar-refractivity contribution in [2.45, 2.75) is 6.04 Å². The molecule has 0 aliphatic heterocycles. The lowest BCUT2D eigenvalue weighted by Crippen LogP contribution is -2.31. The van der Waals surface area contributed by atoms with E-state index in [0.717, 1.165) is 7.11 Å². The predicted octanol–water partition coefficient (Wildman–Crippen LogP) is -1.06. The van der Waals surface area contributed by atoms with Crippen molar-refractivity contribution in [1.82, 2.24) is 0 Å². The number of hydrogen-bond donors (Lipinski definition) is 4. The second-order valence-electron chi connectivity index (χ2n) is 1.13. The van der Waals surface area contributed by atoms with Crippen molar-refractivity contribution in [3.63, 3.8) is 0 Å². The molecule has 56 valence electrons. The Labute approximate surface area is 59.1 Å². The highest BCUT2D eigenvalue weighted by molar-refractivity contribution is 7.80. The summed E-state index contributed by atoms with van der Waals surface area (Å²) >= 11 is 3.65. The second kappa shape index (κ2) is 7.74. The van der Waals surface area contributed by atoms with Gasteiger partial charge in [-0.3, -0.25) is 4.79 Å². The lowest BCUT2D eigenvalue weighted by Gasteiger charge is -1.96. The van der Waals surface area contributed by atoms with Crippen molar-refractivity contribution in [2.75, 3.05) is 12.9 Å². The Balaban J connectivity index is 0. The number of aliphatic hydroxyl groups excluding tert-OH is 1. The van der Waals surface area contributed by atoms with Crippen LogP contribution >= 0.6 is 12.6 Å². The largest absolute Gasteiger partial charge is 0.480 e. The molecule has 5 heteroatoms. The fourth-order valence-corrected chi connectivity index (χ4v) is 0.234. The van der Waals surface area contributed by atoms with E-state index in [1.165, 1.54) is 0 Å². The number of rotatable bonds is 2. The van der Waals surface area contributed by atoms with Crippen LogP contribution in [0.1, 0.15) is 0 Å². The van der Waals surface area contributed by atoms with Gasteiger partial charge >= 0.3 is 5.97 Å². The van der Waals surface area contributed by atoms with E-state index >= 15 is 0 Å². The van der Waals surface area contributed by atoms with Gasteiger partial charge in [-0.25, -0.2) is 0 Å². The number of carbonyl (C=O) groups is 1. The molecular weight excluding hydrogens is 142 g/mol. The van der Waals surface area contributed by atoms with Gasteiger partial charge in [0.1, 0.15) is 6.04 Å². The molecular formula is C4H11NO3S. The van der Waals surface area contributed by atoms with E-state index < -0.39 is 12.0 Å². The number of carboxylic acids is 1. The van der Waals surface area contributed by atoms with Crippen molar-refractivity contribution >= 4 is 18.6 Å². The molecule has 4 N–H and O–H groups in total. The van der Waals surface area contributed by atoms with Crippen LogP contribution in [0.15, 0.2) is 0 Å². The third kappa shape index (κ3) is 7.74. The topological polar surface area (TPSA) is 83.5 Å². The molecule has 0 unspecified atom stereocenters. The summed E-state index contributed by atoms with van der Waals surface area (Å²) in [5.41, 5.74) is 4.94. The highest BCUT2D eigenvalue weighted by Crippen LogP contribution is 1.80. The van der Waals surface area contributed by atoms with Gasteiger partial charge in [0.05, 0.1) is 0 Å². The molecule has 1 atom stereocenters. The fourth-order valence-electron chi connectivity index (χ4n) is 0.0781. The number of nitrogens with two attached hydrogens (primary N) is 1. The van der Waals surface area contributed by atoms with Gasteiger partial charge in [-0.1, -0.05) is 0 Å². The van der Waals surface area contributed by atoms with E-state index in [2.05, 4.69) is 12.6 Å². The molecule has 0 aromatic heterocycles. The van der Waals surface area contributed by atoms with Gasteiger partial charge in [0.15, 0.2) is 0 Å². The third-order valence-electron chi connectivity index (χ3n) is 0.514. The first-order chi connectivity index (χ1) is 4.18. The maximum Gasteiger partial charge on any atom is 0.321 e. The van der Waals surface area contributed by atoms with Gasteiger partial charge in [0, 0.05) is 12.9 Å².